The molecule has 164 valence electrons. The molecule has 1 aliphatic rings. The SMILES string of the molecule is COc1ccc2ncc(F)c(CCC3OCC(CCc4ccc(Cl)c(Cl)c4)CO3)c2n1. The van der Waals surface area contributed by atoms with Crippen LogP contribution in [0.3, 0.4) is 0 Å². The Labute approximate surface area is 190 Å². The van der Waals surface area contributed by atoms with Crippen molar-refractivity contribution in [3.63, 3.8) is 0 Å². The van der Waals surface area contributed by atoms with E-state index in [1.807, 2.05) is 18.2 Å². The first-order valence-corrected chi connectivity index (χ1v) is 10.9. The second kappa shape index (κ2) is 10.1. The van der Waals surface area contributed by atoms with Crippen molar-refractivity contribution in [1.29, 1.82) is 0 Å². The van der Waals surface area contributed by atoms with E-state index in [9.17, 15) is 4.39 Å². The zero-order valence-electron chi connectivity index (χ0n) is 17.1. The maximum Gasteiger partial charge on any atom is 0.213 e. The Bertz CT molecular complexity index is 1060. The number of aryl methyl sites for hydroxylation is 2. The standard InChI is InChI=1S/C23H23Cl2FN2O3/c1-29-21-8-7-20-23(28-21)16(19(26)11-27-20)5-9-22-30-12-15(13-31-22)3-2-14-4-6-17(24)18(25)10-14/h4,6-8,10-11,15,22H,2-3,5,9,12-13H2,1H3. The van der Waals surface area contributed by atoms with Crippen LogP contribution in [0.15, 0.2) is 36.5 Å². The topological polar surface area (TPSA) is 53.5 Å². The van der Waals surface area contributed by atoms with Gasteiger partial charge in [-0.2, -0.15) is 0 Å². The van der Waals surface area contributed by atoms with Crippen LogP contribution in [0.2, 0.25) is 10.0 Å². The van der Waals surface area contributed by atoms with E-state index >= 15 is 0 Å². The molecule has 8 heteroatoms. The highest BCUT2D eigenvalue weighted by Gasteiger charge is 2.23. The van der Waals surface area contributed by atoms with Gasteiger partial charge in [0.1, 0.15) is 5.82 Å². The number of hydrogen-bond donors (Lipinski definition) is 0. The number of rotatable bonds is 7. The molecule has 5 nitrogen and oxygen atoms in total. The maximum atomic E-state index is 14.4. The van der Waals surface area contributed by atoms with Crippen molar-refractivity contribution >= 4 is 34.2 Å². The first-order chi connectivity index (χ1) is 15.0. The molecule has 3 heterocycles. The van der Waals surface area contributed by atoms with E-state index in [1.54, 1.807) is 12.1 Å². The second-order valence-electron chi connectivity index (χ2n) is 7.59. The van der Waals surface area contributed by atoms with E-state index < -0.39 is 0 Å². The van der Waals surface area contributed by atoms with Crippen molar-refractivity contribution in [2.45, 2.75) is 32.0 Å². The number of hydrogen-bond acceptors (Lipinski definition) is 5. The minimum atomic E-state index is -0.386. The lowest BCUT2D eigenvalue weighted by Gasteiger charge is -2.29. The monoisotopic (exact) mass is 464 g/mol. The Morgan fingerprint density at radius 1 is 1.06 bits per heavy atom. The van der Waals surface area contributed by atoms with E-state index in [1.165, 1.54) is 13.3 Å². The van der Waals surface area contributed by atoms with Gasteiger partial charge in [-0.25, -0.2) is 9.37 Å². The normalized spacial score (nSPS) is 19.0. The second-order valence-corrected chi connectivity index (χ2v) is 8.41. The molecular formula is C23H23Cl2FN2O3. The zero-order chi connectivity index (χ0) is 21.8. The molecule has 31 heavy (non-hydrogen) atoms. The van der Waals surface area contributed by atoms with Crippen LogP contribution in [0.4, 0.5) is 4.39 Å². The van der Waals surface area contributed by atoms with Crippen molar-refractivity contribution < 1.29 is 18.6 Å². The summed E-state index contributed by atoms with van der Waals surface area (Å²) in [6.07, 6.45) is 3.64. The predicted molar refractivity (Wildman–Crippen MR) is 118 cm³/mol. The fourth-order valence-electron chi connectivity index (χ4n) is 3.67. The van der Waals surface area contributed by atoms with Gasteiger partial charge < -0.3 is 14.2 Å². The zero-order valence-corrected chi connectivity index (χ0v) is 18.6. The average molecular weight is 465 g/mol. The van der Waals surface area contributed by atoms with Gasteiger partial charge in [0.2, 0.25) is 5.88 Å². The number of halogens is 3. The van der Waals surface area contributed by atoms with Crippen molar-refractivity contribution in [3.8, 4) is 5.88 Å². The average Bonchev–Trinajstić information content (AvgIpc) is 2.79. The number of benzene rings is 1. The summed E-state index contributed by atoms with van der Waals surface area (Å²) in [6, 6.07) is 9.18. The van der Waals surface area contributed by atoms with Crippen molar-refractivity contribution in [3.05, 3.63) is 63.5 Å². The van der Waals surface area contributed by atoms with Crippen LogP contribution in [0.5, 0.6) is 5.88 Å². The number of fused-ring (bicyclic) bond motifs is 1. The molecule has 0 aliphatic carbocycles. The van der Waals surface area contributed by atoms with E-state index in [4.69, 9.17) is 37.4 Å². The van der Waals surface area contributed by atoms with Crippen molar-refractivity contribution in [2.24, 2.45) is 5.92 Å². The molecule has 4 rings (SSSR count). The largest absolute Gasteiger partial charge is 0.481 e. The lowest BCUT2D eigenvalue weighted by Crippen LogP contribution is -2.32. The summed E-state index contributed by atoms with van der Waals surface area (Å²) in [7, 11) is 1.53. The fraction of sp³-hybridized carbons (Fsp3) is 0.391. The van der Waals surface area contributed by atoms with Gasteiger partial charge in [0, 0.05) is 24.0 Å². The maximum absolute atomic E-state index is 14.4. The van der Waals surface area contributed by atoms with Crippen molar-refractivity contribution in [2.75, 3.05) is 20.3 Å². The summed E-state index contributed by atoms with van der Waals surface area (Å²) in [5, 5.41) is 1.13. The molecule has 0 unspecified atom stereocenters. The highest BCUT2D eigenvalue weighted by atomic mass is 35.5. The van der Waals surface area contributed by atoms with Gasteiger partial charge in [0.15, 0.2) is 6.29 Å². The molecule has 0 spiro atoms. The number of aromatic nitrogens is 2. The van der Waals surface area contributed by atoms with Gasteiger partial charge in [-0.15, -0.1) is 0 Å². The summed E-state index contributed by atoms with van der Waals surface area (Å²) < 4.78 is 31.4. The highest BCUT2D eigenvalue weighted by Crippen LogP contribution is 2.26. The van der Waals surface area contributed by atoms with E-state index in [0.717, 1.165) is 18.4 Å². The van der Waals surface area contributed by atoms with Crippen LogP contribution in [0.25, 0.3) is 11.0 Å². The Morgan fingerprint density at radius 3 is 2.61 bits per heavy atom. The molecule has 3 aromatic rings. The lowest BCUT2D eigenvalue weighted by atomic mass is 10.00. The molecule has 1 fully saturated rings. The number of methoxy groups -OCH3 is 1. The van der Waals surface area contributed by atoms with Crippen LogP contribution in [0, 0.1) is 11.7 Å². The Hall–Kier alpha value is -1.99. The minimum Gasteiger partial charge on any atom is -0.481 e. The quantitative estimate of drug-likeness (QED) is 0.452. The van der Waals surface area contributed by atoms with Crippen LogP contribution >= 0.6 is 23.2 Å². The summed E-state index contributed by atoms with van der Waals surface area (Å²) >= 11 is 12.0. The molecule has 0 amide bonds. The number of pyridine rings is 2. The Kier molecular flexibility index (Phi) is 7.23. The molecule has 0 atom stereocenters. The Morgan fingerprint density at radius 2 is 1.87 bits per heavy atom. The van der Waals surface area contributed by atoms with Crippen LogP contribution < -0.4 is 4.74 Å². The molecule has 1 aliphatic heterocycles. The molecule has 0 saturated carbocycles. The van der Waals surface area contributed by atoms with Gasteiger partial charge in [-0.05, 0) is 43.0 Å². The van der Waals surface area contributed by atoms with Crippen LogP contribution in [0.1, 0.15) is 24.0 Å². The third-order valence-electron chi connectivity index (χ3n) is 5.44. The molecule has 0 N–H and O–H groups in total. The first kappa shape index (κ1) is 22.2. The van der Waals surface area contributed by atoms with E-state index in [-0.39, 0.29) is 12.1 Å². The highest BCUT2D eigenvalue weighted by molar-refractivity contribution is 6.42. The third-order valence-corrected chi connectivity index (χ3v) is 6.18. The van der Waals surface area contributed by atoms with Gasteiger partial charge in [-0.1, -0.05) is 29.3 Å². The smallest absolute Gasteiger partial charge is 0.213 e. The number of nitrogens with zero attached hydrogens (tertiary/aromatic N) is 2. The molecular weight excluding hydrogens is 442 g/mol. The summed E-state index contributed by atoms with van der Waals surface area (Å²) in [5.74, 6) is 0.342. The summed E-state index contributed by atoms with van der Waals surface area (Å²) in [4.78, 5) is 8.48. The predicted octanol–water partition coefficient (Wildman–Crippen LogP) is 5.64. The number of ether oxygens (including phenoxy) is 3. The molecule has 2 aromatic heterocycles. The van der Waals surface area contributed by atoms with Crippen LogP contribution in [-0.2, 0) is 22.3 Å². The molecule has 0 bridgehead atoms. The Balaban J connectivity index is 1.30. The van der Waals surface area contributed by atoms with Gasteiger partial charge >= 0.3 is 0 Å². The van der Waals surface area contributed by atoms with Crippen molar-refractivity contribution in [1.82, 2.24) is 9.97 Å². The fourth-order valence-corrected chi connectivity index (χ4v) is 3.99. The van der Waals surface area contributed by atoms with Gasteiger partial charge in [-0.3, -0.25) is 4.98 Å². The summed E-state index contributed by atoms with van der Waals surface area (Å²) in [5.41, 5.74) is 2.78. The molecule has 1 saturated heterocycles. The van der Waals surface area contributed by atoms with Gasteiger partial charge in [0.05, 0.1) is 47.6 Å². The van der Waals surface area contributed by atoms with E-state index in [2.05, 4.69) is 9.97 Å². The minimum absolute atomic E-state index is 0.301. The van der Waals surface area contributed by atoms with Crippen LogP contribution in [-0.4, -0.2) is 36.6 Å². The lowest BCUT2D eigenvalue weighted by molar-refractivity contribution is -0.203. The van der Waals surface area contributed by atoms with Gasteiger partial charge in [0.25, 0.3) is 0 Å². The molecule has 0 radical (unpaired) electrons. The third kappa shape index (κ3) is 5.44. The summed E-state index contributed by atoms with van der Waals surface area (Å²) in [6.45, 7) is 1.22. The molecule has 1 aromatic carbocycles. The van der Waals surface area contributed by atoms with E-state index in [0.29, 0.717) is 64.5 Å². The first-order valence-electron chi connectivity index (χ1n) is 10.2.